The zero-order chi connectivity index (χ0) is 36.6. The number of hydrogen-bond donors (Lipinski definition) is 0. The lowest BCUT2D eigenvalue weighted by atomic mass is 9.87. The second-order valence-corrected chi connectivity index (χ2v) is 12.6. The predicted molar refractivity (Wildman–Crippen MR) is 194 cm³/mol. The third-order valence-corrected chi connectivity index (χ3v) is 8.36. The first-order chi connectivity index (χ1) is 24.3. The van der Waals surface area contributed by atoms with Crippen molar-refractivity contribution in [2.24, 2.45) is 0 Å². The van der Waals surface area contributed by atoms with Crippen LogP contribution in [0.4, 0.5) is 0 Å². The highest BCUT2D eigenvalue weighted by Crippen LogP contribution is 2.30. The maximum Gasteiger partial charge on any atom is 0.339 e. The van der Waals surface area contributed by atoms with E-state index in [-0.39, 0.29) is 43.1 Å². The summed E-state index contributed by atoms with van der Waals surface area (Å²) in [5.41, 5.74) is -1.78. The zero-order valence-corrected chi connectivity index (χ0v) is 30.8. The molecule has 50 heavy (non-hydrogen) atoms. The molecule has 2 aromatic carbocycles. The van der Waals surface area contributed by atoms with Gasteiger partial charge in [-0.05, 0) is 31.7 Å². The third kappa shape index (κ3) is 14.1. The molecule has 0 bridgehead atoms. The van der Waals surface area contributed by atoms with Crippen LogP contribution in [-0.4, -0.2) is 56.1 Å². The molecule has 0 fully saturated rings. The minimum Gasteiger partial charge on any atom is -0.462 e. The van der Waals surface area contributed by atoms with Crippen LogP contribution in [0.15, 0.2) is 36.4 Å². The average molecular weight is 695 g/mol. The van der Waals surface area contributed by atoms with E-state index in [0.717, 1.165) is 77.0 Å². The van der Waals surface area contributed by atoms with Gasteiger partial charge in [0.1, 0.15) is 0 Å². The Kier molecular flexibility index (Phi) is 21.1. The molecule has 0 aliphatic rings. The van der Waals surface area contributed by atoms with Crippen LogP contribution in [0, 0.1) is 0 Å². The van der Waals surface area contributed by atoms with Gasteiger partial charge in [-0.2, -0.15) is 0 Å². The molecule has 0 N–H and O–H groups in total. The van der Waals surface area contributed by atoms with Crippen LogP contribution < -0.4 is 0 Å². The summed E-state index contributed by atoms with van der Waals surface area (Å²) < 4.78 is 22.5. The molecule has 0 heterocycles. The summed E-state index contributed by atoms with van der Waals surface area (Å²) in [6.45, 7) is 8.44. The topological polar surface area (TPSA) is 122 Å². The van der Waals surface area contributed by atoms with E-state index in [1.807, 2.05) is 0 Å². The molecule has 0 aromatic heterocycles. The molecule has 0 atom stereocenters. The normalized spacial score (nSPS) is 10.8. The van der Waals surface area contributed by atoms with Crippen molar-refractivity contribution in [1.82, 2.24) is 0 Å². The largest absolute Gasteiger partial charge is 0.462 e. The molecule has 9 heteroatoms. The van der Waals surface area contributed by atoms with Gasteiger partial charge in [-0.1, -0.05) is 135 Å². The van der Waals surface area contributed by atoms with Gasteiger partial charge in [-0.3, -0.25) is 4.79 Å². The first kappa shape index (κ1) is 42.2. The van der Waals surface area contributed by atoms with Crippen LogP contribution in [0.25, 0.3) is 0 Å². The van der Waals surface area contributed by atoms with Gasteiger partial charge in [0.25, 0.3) is 0 Å². The van der Waals surface area contributed by atoms with Gasteiger partial charge >= 0.3 is 23.9 Å². The van der Waals surface area contributed by atoms with Gasteiger partial charge in [0.15, 0.2) is 5.78 Å². The van der Waals surface area contributed by atoms with E-state index < -0.39 is 46.4 Å². The summed E-state index contributed by atoms with van der Waals surface area (Å²) in [4.78, 5) is 69.9. The molecule has 0 saturated heterocycles. The minimum atomic E-state index is -1.02. The van der Waals surface area contributed by atoms with Crippen molar-refractivity contribution in [1.29, 1.82) is 0 Å². The Labute approximate surface area is 298 Å². The van der Waals surface area contributed by atoms with Crippen LogP contribution in [-0.2, 0) is 18.9 Å². The fourth-order valence-corrected chi connectivity index (χ4v) is 5.47. The monoisotopic (exact) mass is 694 g/mol. The maximum absolute atomic E-state index is 14.1. The number of ether oxygens (including phenoxy) is 4. The highest BCUT2D eigenvalue weighted by atomic mass is 16.5. The van der Waals surface area contributed by atoms with Gasteiger partial charge in [-0.25, -0.2) is 19.2 Å². The lowest BCUT2D eigenvalue weighted by Gasteiger charge is -2.20. The number of hydrogen-bond acceptors (Lipinski definition) is 9. The van der Waals surface area contributed by atoms with E-state index >= 15 is 0 Å². The third-order valence-electron chi connectivity index (χ3n) is 8.36. The highest BCUT2D eigenvalue weighted by molar-refractivity contribution is 6.22. The van der Waals surface area contributed by atoms with Crippen molar-refractivity contribution in [3.8, 4) is 0 Å². The highest BCUT2D eigenvalue weighted by Gasteiger charge is 2.37. The molecule has 2 aromatic rings. The SMILES string of the molecule is CCCCCCOC(=O)c1cc(C(=O)c2ccccc2)c(C(=O)OCCCCCC)c(C(=O)OCCCCCC)c1C(=O)OCCCCCC. The Morgan fingerprint density at radius 1 is 0.420 bits per heavy atom. The van der Waals surface area contributed by atoms with Crippen LogP contribution in [0.1, 0.15) is 188 Å². The Bertz CT molecular complexity index is 1350. The van der Waals surface area contributed by atoms with E-state index in [2.05, 4.69) is 27.7 Å². The fourth-order valence-electron chi connectivity index (χ4n) is 5.47. The van der Waals surface area contributed by atoms with Crippen molar-refractivity contribution in [2.45, 2.75) is 130 Å². The van der Waals surface area contributed by atoms with E-state index in [9.17, 15) is 24.0 Å². The first-order valence-electron chi connectivity index (χ1n) is 18.8. The molecule has 0 saturated carbocycles. The smallest absolute Gasteiger partial charge is 0.339 e. The van der Waals surface area contributed by atoms with Crippen LogP contribution >= 0.6 is 0 Å². The molecule has 2 rings (SSSR count). The Morgan fingerprint density at radius 2 is 0.780 bits per heavy atom. The molecular formula is C41H58O9. The maximum atomic E-state index is 14.1. The number of carbonyl (C=O) groups excluding carboxylic acids is 5. The van der Waals surface area contributed by atoms with Crippen molar-refractivity contribution in [3.63, 3.8) is 0 Å². The summed E-state index contributed by atoms with van der Waals surface area (Å²) in [7, 11) is 0. The molecule has 9 nitrogen and oxygen atoms in total. The van der Waals surface area contributed by atoms with Crippen molar-refractivity contribution in [3.05, 3.63) is 69.8 Å². The summed E-state index contributed by atoms with van der Waals surface area (Å²) in [5.74, 6) is -4.49. The molecular weight excluding hydrogens is 636 g/mol. The number of unbranched alkanes of at least 4 members (excludes halogenated alkanes) is 12. The van der Waals surface area contributed by atoms with E-state index in [0.29, 0.717) is 25.7 Å². The fraction of sp³-hybridized carbons (Fsp3) is 0.585. The average Bonchev–Trinajstić information content (AvgIpc) is 3.13. The van der Waals surface area contributed by atoms with Crippen molar-refractivity contribution in [2.75, 3.05) is 26.4 Å². The predicted octanol–water partition coefficient (Wildman–Crippen LogP) is 9.87. The van der Waals surface area contributed by atoms with Crippen LogP contribution in [0.2, 0.25) is 0 Å². The van der Waals surface area contributed by atoms with Crippen molar-refractivity contribution >= 4 is 29.7 Å². The van der Waals surface area contributed by atoms with Crippen molar-refractivity contribution < 1.29 is 42.9 Å². The summed E-state index contributed by atoms with van der Waals surface area (Å²) in [6, 6.07) is 9.38. The lowest BCUT2D eigenvalue weighted by Crippen LogP contribution is -2.27. The number of ketones is 1. The van der Waals surface area contributed by atoms with E-state index in [4.69, 9.17) is 18.9 Å². The number of rotatable bonds is 26. The number of esters is 4. The standard InChI is InChI=1S/C41H58O9/c1-5-9-13-20-26-47-38(43)33-30-32(37(42)31-24-18-17-19-25-31)34(39(44)48-27-21-14-10-6-2)36(41(46)50-29-23-16-12-8-4)35(33)40(45)49-28-22-15-11-7-3/h17-19,24-25,30H,5-16,20-23,26-29H2,1-4H3. The molecule has 276 valence electrons. The summed E-state index contributed by atoms with van der Waals surface area (Å²) in [5, 5.41) is 0. The minimum absolute atomic E-state index is 0.0178. The number of carbonyl (C=O) groups is 5. The quantitative estimate of drug-likeness (QED) is 0.0410. The number of benzene rings is 2. The Hall–Kier alpha value is -4.01. The van der Waals surface area contributed by atoms with E-state index in [1.165, 1.54) is 6.07 Å². The molecule has 0 amide bonds. The molecule has 0 aliphatic carbocycles. The van der Waals surface area contributed by atoms with Gasteiger partial charge in [0, 0.05) is 11.1 Å². The second-order valence-electron chi connectivity index (χ2n) is 12.6. The molecule has 0 spiro atoms. The van der Waals surface area contributed by atoms with Crippen LogP contribution in [0.5, 0.6) is 0 Å². The van der Waals surface area contributed by atoms with Gasteiger partial charge in [-0.15, -0.1) is 0 Å². The van der Waals surface area contributed by atoms with Crippen LogP contribution in [0.3, 0.4) is 0 Å². The van der Waals surface area contributed by atoms with Gasteiger partial charge in [0.05, 0.1) is 48.7 Å². The summed E-state index contributed by atoms with van der Waals surface area (Å²) in [6.07, 6.45) is 13.4. The molecule has 0 unspecified atom stereocenters. The molecule has 0 aliphatic heterocycles. The Morgan fingerprint density at radius 3 is 1.18 bits per heavy atom. The zero-order valence-electron chi connectivity index (χ0n) is 30.8. The molecule has 0 radical (unpaired) electrons. The van der Waals surface area contributed by atoms with Gasteiger partial charge < -0.3 is 18.9 Å². The Balaban J connectivity index is 2.80. The first-order valence-corrected chi connectivity index (χ1v) is 18.8. The lowest BCUT2D eigenvalue weighted by molar-refractivity contribution is 0.0414. The van der Waals surface area contributed by atoms with E-state index in [1.54, 1.807) is 30.3 Å². The van der Waals surface area contributed by atoms with Gasteiger partial charge in [0.2, 0.25) is 0 Å². The summed E-state index contributed by atoms with van der Waals surface area (Å²) >= 11 is 0. The second kappa shape index (κ2) is 25.0.